The molecule has 0 amide bonds. The van der Waals surface area contributed by atoms with Crippen LogP contribution in [0.25, 0.3) is 0 Å². The first-order chi connectivity index (χ1) is 16.1. The molecule has 1 saturated carbocycles. The summed E-state index contributed by atoms with van der Waals surface area (Å²) < 4.78 is 5.71. The van der Waals surface area contributed by atoms with Gasteiger partial charge < -0.3 is 20.7 Å². The van der Waals surface area contributed by atoms with E-state index in [0.717, 1.165) is 48.1 Å². The number of fused-ring (bicyclic) bond motifs is 1. The highest BCUT2D eigenvalue weighted by Crippen LogP contribution is 2.52. The number of allylic oxidation sites excluding steroid dienone is 1. The van der Waals surface area contributed by atoms with Gasteiger partial charge in [0.05, 0.1) is 23.2 Å². The Kier molecular flexibility index (Phi) is 6.20. The summed E-state index contributed by atoms with van der Waals surface area (Å²) in [5, 5.41) is 37.7. The zero-order valence-electron chi connectivity index (χ0n) is 20.2. The molecule has 178 valence electrons. The molecule has 1 aromatic carbocycles. The molecule has 2 aliphatic rings. The predicted octanol–water partition coefficient (Wildman–Crippen LogP) is 3.53. The van der Waals surface area contributed by atoms with Crippen LogP contribution in [0.5, 0.6) is 5.88 Å². The monoisotopic (exact) mass is 460 g/mol. The number of aryl methyl sites for hydroxylation is 1. The molecule has 1 fully saturated rings. The van der Waals surface area contributed by atoms with Crippen molar-refractivity contribution in [3.8, 4) is 23.8 Å². The van der Waals surface area contributed by atoms with Crippen LogP contribution in [0.3, 0.4) is 0 Å². The molecule has 2 heterocycles. The third-order valence-corrected chi connectivity index (χ3v) is 7.25. The summed E-state index contributed by atoms with van der Waals surface area (Å²) in [6.07, 6.45) is 3.19. The van der Waals surface area contributed by atoms with Crippen LogP contribution in [-0.4, -0.2) is 26.0 Å². The molecule has 1 aromatic heterocycles. The van der Waals surface area contributed by atoms with Gasteiger partial charge in [-0.25, -0.2) is 0 Å². The maximum Gasteiger partial charge on any atom is 0.244 e. The topological polar surface area (TPSA) is 128 Å². The summed E-state index contributed by atoms with van der Waals surface area (Å²) in [6.45, 7) is 7.70. The zero-order valence-corrected chi connectivity index (χ0v) is 20.2. The number of rotatable bonds is 3. The summed E-state index contributed by atoms with van der Waals surface area (Å²) in [5.41, 5.74) is 8.91. The van der Waals surface area contributed by atoms with E-state index in [4.69, 9.17) is 10.5 Å². The quantitative estimate of drug-likeness (QED) is 0.519. The first kappa shape index (κ1) is 23.9. The third-order valence-electron chi connectivity index (χ3n) is 7.25. The Morgan fingerprint density at radius 1 is 1.29 bits per heavy atom. The van der Waals surface area contributed by atoms with Gasteiger partial charge in [0.25, 0.3) is 0 Å². The van der Waals surface area contributed by atoms with Gasteiger partial charge in [-0.15, -0.1) is 5.10 Å². The predicted molar refractivity (Wildman–Crippen MR) is 128 cm³/mol. The molecule has 7 nitrogen and oxygen atoms in total. The molecule has 2 aromatic rings. The molecule has 0 bridgehead atoms. The van der Waals surface area contributed by atoms with Crippen molar-refractivity contribution in [1.29, 1.82) is 5.26 Å². The van der Waals surface area contributed by atoms with E-state index in [1.165, 1.54) is 0 Å². The SMILES string of the molecule is Cc1[nH]nc2c1C(c1cc(C#CC3CCC(C)(O)CC3)cc(CO)c1)(C(C)C)C(C#N)=C(N)O2. The van der Waals surface area contributed by atoms with Gasteiger partial charge in [-0.2, -0.15) is 5.26 Å². The fraction of sp³-hybridized carbons (Fsp3) is 0.481. The van der Waals surface area contributed by atoms with Crippen molar-refractivity contribution in [2.75, 3.05) is 0 Å². The van der Waals surface area contributed by atoms with Gasteiger partial charge in [-0.3, -0.25) is 5.10 Å². The van der Waals surface area contributed by atoms with E-state index in [2.05, 4.69) is 28.1 Å². The number of nitrogens with zero attached hydrogens (tertiary/aromatic N) is 2. The molecule has 1 unspecified atom stereocenters. The summed E-state index contributed by atoms with van der Waals surface area (Å²) in [6, 6.07) is 8.07. The maximum absolute atomic E-state index is 10.2. The number of hydrogen-bond acceptors (Lipinski definition) is 6. The Labute approximate surface area is 200 Å². The maximum atomic E-state index is 10.2. The molecule has 0 radical (unpaired) electrons. The second-order valence-electron chi connectivity index (χ2n) is 10.1. The summed E-state index contributed by atoms with van der Waals surface area (Å²) in [4.78, 5) is 0. The van der Waals surface area contributed by atoms with E-state index in [1.54, 1.807) is 0 Å². The molecule has 34 heavy (non-hydrogen) atoms. The van der Waals surface area contributed by atoms with E-state index in [9.17, 15) is 15.5 Å². The van der Waals surface area contributed by atoms with Crippen molar-refractivity contribution < 1.29 is 14.9 Å². The number of benzene rings is 1. The van der Waals surface area contributed by atoms with Gasteiger partial charge in [0, 0.05) is 17.2 Å². The standard InChI is InChI=1S/C27H32N4O3/c1-16(2)27(22(14-28)24(29)34-25-23(27)17(3)30-31-25)21-12-19(11-20(13-21)15-32)6-5-18-7-9-26(4,33)10-8-18/h11-13,16,18,32-33H,7-10,15,29H2,1-4H3,(H,30,31). The Bertz CT molecular complexity index is 1230. The zero-order chi connectivity index (χ0) is 24.7. The van der Waals surface area contributed by atoms with Crippen LogP contribution in [0.2, 0.25) is 0 Å². The number of hydrogen-bond donors (Lipinski definition) is 4. The van der Waals surface area contributed by atoms with Crippen LogP contribution >= 0.6 is 0 Å². The molecule has 1 aliphatic carbocycles. The van der Waals surface area contributed by atoms with Crippen molar-refractivity contribution in [1.82, 2.24) is 10.2 Å². The summed E-state index contributed by atoms with van der Waals surface area (Å²) >= 11 is 0. The smallest absolute Gasteiger partial charge is 0.244 e. The van der Waals surface area contributed by atoms with Crippen molar-refractivity contribution in [3.05, 3.63) is 57.6 Å². The fourth-order valence-electron chi connectivity index (χ4n) is 5.41. The molecule has 1 atom stereocenters. The number of H-pyrrole nitrogens is 1. The van der Waals surface area contributed by atoms with Gasteiger partial charge in [0.15, 0.2) is 0 Å². The highest BCUT2D eigenvalue weighted by molar-refractivity contribution is 5.63. The van der Waals surface area contributed by atoms with Crippen LogP contribution < -0.4 is 10.5 Å². The van der Waals surface area contributed by atoms with Crippen LogP contribution in [0.15, 0.2) is 29.7 Å². The minimum atomic E-state index is -0.908. The van der Waals surface area contributed by atoms with Crippen LogP contribution in [0.4, 0.5) is 0 Å². The second kappa shape index (κ2) is 8.83. The van der Waals surface area contributed by atoms with Crippen molar-refractivity contribution >= 4 is 0 Å². The van der Waals surface area contributed by atoms with E-state index in [0.29, 0.717) is 17.0 Å². The number of aliphatic hydroxyl groups excluding tert-OH is 1. The Balaban J connectivity index is 1.87. The minimum Gasteiger partial charge on any atom is -0.420 e. The van der Waals surface area contributed by atoms with Crippen LogP contribution in [-0.2, 0) is 12.0 Å². The van der Waals surface area contributed by atoms with Gasteiger partial charge >= 0.3 is 0 Å². The van der Waals surface area contributed by atoms with E-state index in [1.807, 2.05) is 45.9 Å². The number of aromatic amines is 1. The van der Waals surface area contributed by atoms with Crippen molar-refractivity contribution in [2.45, 2.75) is 71.0 Å². The number of nitrogens with one attached hydrogen (secondary N) is 1. The molecular formula is C27H32N4O3. The van der Waals surface area contributed by atoms with Crippen LogP contribution in [0.1, 0.15) is 74.4 Å². The Hall–Kier alpha value is -3.26. The fourth-order valence-corrected chi connectivity index (χ4v) is 5.41. The summed E-state index contributed by atoms with van der Waals surface area (Å²) in [7, 11) is 0. The number of aliphatic hydroxyl groups is 2. The lowest BCUT2D eigenvalue weighted by molar-refractivity contribution is 0.0148. The Morgan fingerprint density at radius 3 is 2.62 bits per heavy atom. The molecule has 0 spiro atoms. The number of aromatic nitrogens is 2. The van der Waals surface area contributed by atoms with Crippen molar-refractivity contribution in [2.24, 2.45) is 17.6 Å². The van der Waals surface area contributed by atoms with Gasteiger partial charge in [0.2, 0.25) is 11.8 Å². The largest absolute Gasteiger partial charge is 0.420 e. The average molecular weight is 461 g/mol. The highest BCUT2D eigenvalue weighted by atomic mass is 16.5. The Morgan fingerprint density at radius 2 is 2.00 bits per heavy atom. The third kappa shape index (κ3) is 3.96. The molecule has 5 N–H and O–H groups in total. The van der Waals surface area contributed by atoms with Crippen LogP contribution in [0, 0.1) is 41.9 Å². The van der Waals surface area contributed by atoms with E-state index >= 15 is 0 Å². The van der Waals surface area contributed by atoms with Gasteiger partial charge in [-0.05, 0) is 68.7 Å². The molecule has 4 rings (SSSR count). The normalized spacial score (nSPS) is 26.4. The van der Waals surface area contributed by atoms with E-state index < -0.39 is 11.0 Å². The first-order valence-electron chi connectivity index (χ1n) is 11.7. The molecule has 0 saturated heterocycles. The lowest BCUT2D eigenvalue weighted by Crippen LogP contribution is -2.41. The lowest BCUT2D eigenvalue weighted by Gasteiger charge is -2.41. The summed E-state index contributed by atoms with van der Waals surface area (Å²) in [5.74, 6) is 7.21. The van der Waals surface area contributed by atoms with Gasteiger partial charge in [-0.1, -0.05) is 31.8 Å². The molecule has 7 heteroatoms. The molecule has 1 aliphatic heterocycles. The number of nitrogens with two attached hydrogens (primary N) is 1. The lowest BCUT2D eigenvalue weighted by atomic mass is 9.61. The number of ether oxygens (including phenoxy) is 1. The minimum absolute atomic E-state index is 0.0338. The number of nitriles is 1. The van der Waals surface area contributed by atoms with Gasteiger partial charge in [0.1, 0.15) is 11.6 Å². The van der Waals surface area contributed by atoms with E-state index in [-0.39, 0.29) is 24.3 Å². The molecular weight excluding hydrogens is 428 g/mol. The highest BCUT2D eigenvalue weighted by Gasteiger charge is 2.50. The first-order valence-corrected chi connectivity index (χ1v) is 11.7. The van der Waals surface area contributed by atoms with Crippen molar-refractivity contribution in [3.63, 3.8) is 0 Å². The average Bonchev–Trinajstić information content (AvgIpc) is 3.17. The second-order valence-corrected chi connectivity index (χ2v) is 10.1.